The predicted octanol–water partition coefficient (Wildman–Crippen LogP) is 20.9. The molecule has 3 nitrogen and oxygen atoms in total. The lowest BCUT2D eigenvalue weighted by Gasteiger charge is -2.29. The molecule has 0 unspecified atom stereocenters. The summed E-state index contributed by atoms with van der Waals surface area (Å²) in [4.78, 5) is 4.92. The lowest BCUT2D eigenvalue weighted by Crippen LogP contribution is -2.11. The van der Waals surface area contributed by atoms with Crippen LogP contribution in [0.25, 0.3) is 106 Å². The van der Waals surface area contributed by atoms with Gasteiger partial charge in [0.2, 0.25) is 0 Å². The van der Waals surface area contributed by atoms with Gasteiger partial charge in [0.15, 0.2) is 0 Å². The minimum atomic E-state index is 0.867. The van der Waals surface area contributed by atoms with Crippen molar-refractivity contribution in [1.29, 1.82) is 0 Å². The van der Waals surface area contributed by atoms with E-state index in [9.17, 15) is 0 Å². The van der Waals surface area contributed by atoms with Crippen LogP contribution in [0.3, 0.4) is 0 Å². The van der Waals surface area contributed by atoms with Crippen molar-refractivity contribution in [2.75, 3.05) is 9.80 Å². The molecular formula is C68H42N2OS2. The molecule has 0 saturated heterocycles. The van der Waals surface area contributed by atoms with Crippen molar-refractivity contribution in [3.63, 3.8) is 0 Å². The van der Waals surface area contributed by atoms with Gasteiger partial charge in [0.05, 0.1) is 11.4 Å². The molecule has 5 heteroatoms. The standard InChI is InChI=1S/C68H42N2OS2/c1-5-17-43(18-6-1)53-33-35-63-65(55-25-13-15-27-61(55)72-63)67(53)69(49-21-9-3-10-22-49)51-31-29-45-39-57-58-40-46-30-32-52(38-48(46)42-60(58)71-59(57)41-47(45)37-51)70(50-23-11-4-12-24-50)68-54(44-19-7-2-8-20-44)34-36-64-66(68)56-26-14-16-28-62(56)73-64/h1-42H. The third-order valence-electron chi connectivity index (χ3n) is 14.5. The fourth-order valence-corrected chi connectivity index (χ4v) is 13.5. The molecule has 0 spiro atoms. The normalized spacial score (nSPS) is 11.8. The van der Waals surface area contributed by atoms with Crippen LogP contribution in [0.1, 0.15) is 0 Å². The van der Waals surface area contributed by atoms with E-state index in [0.717, 1.165) is 66.2 Å². The second-order valence-electron chi connectivity index (χ2n) is 18.8. The zero-order valence-electron chi connectivity index (χ0n) is 39.4. The summed E-state index contributed by atoms with van der Waals surface area (Å²) in [5.74, 6) is 0. The van der Waals surface area contributed by atoms with E-state index in [1.807, 2.05) is 22.7 Å². The third-order valence-corrected chi connectivity index (χ3v) is 16.8. The van der Waals surface area contributed by atoms with E-state index in [1.54, 1.807) is 0 Å². The highest BCUT2D eigenvalue weighted by molar-refractivity contribution is 7.26. The van der Waals surface area contributed by atoms with Gasteiger partial charge in [-0.15, -0.1) is 22.7 Å². The average molecular weight is 967 g/mol. The average Bonchev–Trinajstić information content (AvgIpc) is 4.14. The Morgan fingerprint density at radius 2 is 0.671 bits per heavy atom. The minimum absolute atomic E-state index is 0.867. The van der Waals surface area contributed by atoms with Gasteiger partial charge < -0.3 is 14.2 Å². The Hall–Kier alpha value is -9.00. The van der Waals surface area contributed by atoms with Gasteiger partial charge in [-0.3, -0.25) is 0 Å². The fraction of sp³-hybridized carbons (Fsp3) is 0. The van der Waals surface area contributed by atoms with Crippen molar-refractivity contribution < 1.29 is 4.42 Å². The van der Waals surface area contributed by atoms with Crippen LogP contribution < -0.4 is 9.80 Å². The van der Waals surface area contributed by atoms with Crippen molar-refractivity contribution in [3.8, 4) is 22.3 Å². The van der Waals surface area contributed by atoms with Crippen LogP contribution >= 0.6 is 22.7 Å². The summed E-state index contributed by atoms with van der Waals surface area (Å²) in [6.07, 6.45) is 0. The molecular weight excluding hydrogens is 925 g/mol. The molecule has 0 saturated carbocycles. The maximum atomic E-state index is 6.93. The first-order valence-corrected chi connectivity index (χ1v) is 26.4. The summed E-state index contributed by atoms with van der Waals surface area (Å²) in [7, 11) is 0. The first-order chi connectivity index (χ1) is 36.2. The van der Waals surface area contributed by atoms with E-state index in [0.29, 0.717) is 0 Å². The Morgan fingerprint density at radius 1 is 0.274 bits per heavy atom. The van der Waals surface area contributed by atoms with Gasteiger partial charge in [-0.25, -0.2) is 0 Å². The molecule has 0 atom stereocenters. The van der Waals surface area contributed by atoms with Gasteiger partial charge in [-0.1, -0.05) is 158 Å². The van der Waals surface area contributed by atoms with Crippen LogP contribution in [-0.2, 0) is 0 Å². The second kappa shape index (κ2) is 16.8. The third kappa shape index (κ3) is 6.85. The highest BCUT2D eigenvalue weighted by atomic mass is 32.1. The van der Waals surface area contributed by atoms with Gasteiger partial charge in [0, 0.05) is 85.0 Å². The molecule has 0 radical (unpaired) electrons. The molecule has 3 heterocycles. The Labute approximate surface area is 429 Å². The molecule has 3 aromatic heterocycles. The molecule has 0 aliphatic rings. The quantitative estimate of drug-likeness (QED) is 0.151. The lowest BCUT2D eigenvalue weighted by atomic mass is 9.97. The zero-order valence-corrected chi connectivity index (χ0v) is 41.0. The Kier molecular flexibility index (Phi) is 9.62. The van der Waals surface area contributed by atoms with Crippen LogP contribution in [-0.4, -0.2) is 0 Å². The second-order valence-corrected chi connectivity index (χ2v) is 21.0. The van der Waals surface area contributed by atoms with Crippen LogP contribution in [0.5, 0.6) is 0 Å². The topological polar surface area (TPSA) is 19.6 Å². The highest BCUT2D eigenvalue weighted by Crippen LogP contribution is 2.52. The number of anilines is 6. The van der Waals surface area contributed by atoms with E-state index < -0.39 is 0 Å². The molecule has 15 aromatic rings. The molecule has 15 rings (SSSR count). The van der Waals surface area contributed by atoms with Gasteiger partial charge in [0.1, 0.15) is 11.2 Å². The summed E-state index contributed by atoms with van der Waals surface area (Å²) >= 11 is 3.71. The number of benzene rings is 12. The molecule has 73 heavy (non-hydrogen) atoms. The lowest BCUT2D eigenvalue weighted by molar-refractivity contribution is 0.670. The number of para-hydroxylation sites is 2. The Bertz CT molecular complexity index is 4320. The summed E-state index contributed by atoms with van der Waals surface area (Å²) in [6, 6.07) is 92.9. The molecule has 0 aliphatic heterocycles. The van der Waals surface area contributed by atoms with Crippen LogP contribution in [0.15, 0.2) is 259 Å². The number of rotatable bonds is 8. The fourth-order valence-electron chi connectivity index (χ4n) is 11.2. The summed E-state index contributed by atoms with van der Waals surface area (Å²) in [5.41, 5.74) is 13.2. The van der Waals surface area contributed by atoms with Crippen LogP contribution in [0.4, 0.5) is 34.1 Å². The van der Waals surface area contributed by atoms with E-state index in [2.05, 4.69) is 265 Å². The number of hydrogen-bond acceptors (Lipinski definition) is 5. The van der Waals surface area contributed by atoms with E-state index in [4.69, 9.17) is 4.42 Å². The van der Waals surface area contributed by atoms with Gasteiger partial charge in [0.25, 0.3) is 0 Å². The predicted molar refractivity (Wildman–Crippen MR) is 315 cm³/mol. The van der Waals surface area contributed by atoms with Crippen molar-refractivity contribution >= 4 is 141 Å². The van der Waals surface area contributed by atoms with Gasteiger partial charge in [-0.05, 0) is 130 Å². The monoisotopic (exact) mass is 966 g/mol. The van der Waals surface area contributed by atoms with Crippen molar-refractivity contribution in [2.24, 2.45) is 0 Å². The first kappa shape index (κ1) is 41.8. The summed E-state index contributed by atoms with van der Waals surface area (Å²) < 4.78 is 12.0. The van der Waals surface area contributed by atoms with Crippen molar-refractivity contribution in [2.45, 2.75) is 0 Å². The Morgan fingerprint density at radius 3 is 1.11 bits per heavy atom. The maximum Gasteiger partial charge on any atom is 0.136 e. The number of thiophene rings is 2. The number of hydrogen-bond donors (Lipinski definition) is 0. The highest BCUT2D eigenvalue weighted by Gasteiger charge is 2.26. The van der Waals surface area contributed by atoms with Crippen LogP contribution in [0.2, 0.25) is 0 Å². The molecule has 0 bridgehead atoms. The van der Waals surface area contributed by atoms with Gasteiger partial charge >= 0.3 is 0 Å². The molecule has 0 N–H and O–H groups in total. The molecule has 342 valence electrons. The largest absolute Gasteiger partial charge is 0.456 e. The zero-order chi connectivity index (χ0) is 48.0. The van der Waals surface area contributed by atoms with E-state index >= 15 is 0 Å². The van der Waals surface area contributed by atoms with E-state index in [1.165, 1.54) is 74.0 Å². The molecule has 0 amide bonds. The molecule has 12 aromatic carbocycles. The molecule has 0 fully saturated rings. The number of fused-ring (bicyclic) bond motifs is 11. The smallest absolute Gasteiger partial charge is 0.136 e. The Balaban J connectivity index is 0.899. The van der Waals surface area contributed by atoms with E-state index in [-0.39, 0.29) is 0 Å². The van der Waals surface area contributed by atoms with Crippen LogP contribution in [0, 0.1) is 0 Å². The summed E-state index contributed by atoms with van der Waals surface area (Å²) in [6.45, 7) is 0. The number of nitrogens with zero attached hydrogens (tertiary/aromatic N) is 2. The molecule has 0 aliphatic carbocycles. The SMILES string of the molecule is c1ccc(-c2ccc3sc4ccccc4c3c2N(c2ccccc2)c2ccc3cc4c(cc3c2)oc2cc3cc(N(c5ccccc5)c5c(-c6ccccc6)ccc6sc7ccccc7c56)ccc3cc24)cc1. The van der Waals surface area contributed by atoms with Gasteiger partial charge in [-0.2, -0.15) is 0 Å². The summed E-state index contributed by atoms with van der Waals surface area (Å²) in [5, 5.41) is 11.8. The number of furan rings is 1. The van der Waals surface area contributed by atoms with Crippen molar-refractivity contribution in [3.05, 3.63) is 255 Å². The maximum absolute atomic E-state index is 6.93. The first-order valence-electron chi connectivity index (χ1n) is 24.7. The minimum Gasteiger partial charge on any atom is -0.456 e. The van der Waals surface area contributed by atoms with Crippen molar-refractivity contribution in [1.82, 2.24) is 0 Å².